The maximum absolute atomic E-state index is 11.7. The van der Waals surface area contributed by atoms with E-state index in [2.05, 4.69) is 10.6 Å². The van der Waals surface area contributed by atoms with Crippen molar-refractivity contribution in [3.63, 3.8) is 0 Å². The van der Waals surface area contributed by atoms with E-state index in [-0.39, 0.29) is 24.4 Å². The van der Waals surface area contributed by atoms with Crippen molar-refractivity contribution >= 4 is 17.9 Å². The third-order valence-corrected chi connectivity index (χ3v) is 2.60. The zero-order valence-corrected chi connectivity index (χ0v) is 12.8. The molecule has 0 aliphatic heterocycles. The SMILES string of the molecule is CCC(C(=O)O)N(C)C(=O)NCCC(=O)NC(C)(C)C. The van der Waals surface area contributed by atoms with Crippen molar-refractivity contribution in [3.05, 3.63) is 0 Å². The average molecular weight is 287 g/mol. The molecule has 20 heavy (non-hydrogen) atoms. The lowest BCUT2D eigenvalue weighted by Crippen LogP contribution is -2.48. The Morgan fingerprint density at radius 1 is 1.25 bits per heavy atom. The first kappa shape index (κ1) is 18.2. The molecular weight excluding hydrogens is 262 g/mol. The minimum absolute atomic E-state index is 0.153. The number of urea groups is 1. The molecule has 0 radical (unpaired) electrons. The second-order valence-corrected chi connectivity index (χ2v) is 5.65. The zero-order chi connectivity index (χ0) is 15.9. The third-order valence-electron chi connectivity index (χ3n) is 2.60. The molecule has 0 saturated heterocycles. The number of carbonyl (C=O) groups excluding carboxylic acids is 2. The fraction of sp³-hybridized carbons (Fsp3) is 0.769. The van der Waals surface area contributed by atoms with Crippen LogP contribution in [0.4, 0.5) is 4.79 Å². The first-order valence-corrected chi connectivity index (χ1v) is 6.63. The molecule has 0 aromatic carbocycles. The minimum Gasteiger partial charge on any atom is -0.480 e. The van der Waals surface area contributed by atoms with Gasteiger partial charge in [0, 0.05) is 25.6 Å². The van der Waals surface area contributed by atoms with E-state index in [0.29, 0.717) is 6.42 Å². The smallest absolute Gasteiger partial charge is 0.326 e. The van der Waals surface area contributed by atoms with Crippen molar-refractivity contribution in [1.82, 2.24) is 15.5 Å². The maximum Gasteiger partial charge on any atom is 0.326 e. The normalized spacial score (nSPS) is 12.4. The van der Waals surface area contributed by atoms with E-state index in [9.17, 15) is 14.4 Å². The lowest BCUT2D eigenvalue weighted by atomic mass is 10.1. The Labute approximate surface area is 119 Å². The van der Waals surface area contributed by atoms with E-state index in [1.807, 2.05) is 20.8 Å². The Hall–Kier alpha value is -1.79. The number of aliphatic carboxylic acids is 1. The van der Waals surface area contributed by atoms with E-state index in [1.165, 1.54) is 7.05 Å². The highest BCUT2D eigenvalue weighted by molar-refractivity contribution is 5.83. The molecule has 0 heterocycles. The number of hydrogen-bond acceptors (Lipinski definition) is 3. The second-order valence-electron chi connectivity index (χ2n) is 5.65. The van der Waals surface area contributed by atoms with E-state index in [0.717, 1.165) is 4.90 Å². The predicted molar refractivity (Wildman–Crippen MR) is 75.4 cm³/mol. The van der Waals surface area contributed by atoms with E-state index >= 15 is 0 Å². The Morgan fingerprint density at radius 2 is 1.80 bits per heavy atom. The van der Waals surface area contributed by atoms with Crippen LogP contribution in [0.25, 0.3) is 0 Å². The molecule has 0 aliphatic carbocycles. The van der Waals surface area contributed by atoms with Crippen molar-refractivity contribution < 1.29 is 19.5 Å². The first-order valence-electron chi connectivity index (χ1n) is 6.63. The highest BCUT2D eigenvalue weighted by Gasteiger charge is 2.24. The monoisotopic (exact) mass is 287 g/mol. The van der Waals surface area contributed by atoms with Gasteiger partial charge in [0.15, 0.2) is 0 Å². The molecule has 116 valence electrons. The van der Waals surface area contributed by atoms with Gasteiger partial charge in [-0.2, -0.15) is 0 Å². The number of carbonyl (C=O) groups is 3. The van der Waals surface area contributed by atoms with Crippen LogP contribution < -0.4 is 10.6 Å². The number of nitrogens with zero attached hydrogens (tertiary/aromatic N) is 1. The van der Waals surface area contributed by atoms with Crippen LogP contribution >= 0.6 is 0 Å². The number of nitrogens with one attached hydrogen (secondary N) is 2. The average Bonchev–Trinajstić information content (AvgIpc) is 2.26. The van der Waals surface area contributed by atoms with Gasteiger partial charge in [0.2, 0.25) is 5.91 Å². The fourth-order valence-corrected chi connectivity index (χ4v) is 1.64. The summed E-state index contributed by atoms with van der Waals surface area (Å²) >= 11 is 0. The maximum atomic E-state index is 11.7. The number of likely N-dealkylation sites (N-methyl/N-ethyl adjacent to an activating group) is 1. The second kappa shape index (κ2) is 7.72. The molecule has 1 atom stereocenters. The third kappa shape index (κ3) is 6.96. The molecule has 0 spiro atoms. The van der Waals surface area contributed by atoms with Crippen molar-refractivity contribution in [3.8, 4) is 0 Å². The Bertz CT molecular complexity index is 363. The van der Waals surface area contributed by atoms with Crippen molar-refractivity contribution in [2.45, 2.75) is 52.1 Å². The predicted octanol–water partition coefficient (Wildman–Crippen LogP) is 0.796. The number of carboxylic acid groups (broad SMARTS) is 1. The molecule has 0 rings (SSSR count). The summed E-state index contributed by atoms with van der Waals surface area (Å²) in [6, 6.07) is -1.36. The Kier molecular flexibility index (Phi) is 7.02. The van der Waals surface area contributed by atoms with Gasteiger partial charge >= 0.3 is 12.0 Å². The van der Waals surface area contributed by atoms with Crippen LogP contribution in [0.3, 0.4) is 0 Å². The molecule has 3 N–H and O–H groups in total. The molecular formula is C13H25N3O4. The van der Waals surface area contributed by atoms with Gasteiger partial charge in [0.05, 0.1) is 0 Å². The van der Waals surface area contributed by atoms with Crippen LogP contribution in [0.5, 0.6) is 0 Å². The summed E-state index contributed by atoms with van der Waals surface area (Å²) < 4.78 is 0. The van der Waals surface area contributed by atoms with Crippen molar-refractivity contribution in [2.75, 3.05) is 13.6 Å². The molecule has 7 heteroatoms. The molecule has 3 amide bonds. The quantitative estimate of drug-likeness (QED) is 0.672. The van der Waals surface area contributed by atoms with Gasteiger partial charge in [-0.25, -0.2) is 9.59 Å². The standard InChI is InChI=1S/C13H25N3O4/c1-6-9(11(18)19)16(5)12(20)14-8-7-10(17)15-13(2,3)4/h9H,6-8H2,1-5H3,(H,14,20)(H,15,17)(H,18,19). The largest absolute Gasteiger partial charge is 0.480 e. The molecule has 0 bridgehead atoms. The summed E-state index contributed by atoms with van der Waals surface area (Å²) in [6.07, 6.45) is 0.477. The highest BCUT2D eigenvalue weighted by Crippen LogP contribution is 2.02. The van der Waals surface area contributed by atoms with Crippen LogP contribution in [0.15, 0.2) is 0 Å². The summed E-state index contributed by atoms with van der Waals surface area (Å²) in [6.45, 7) is 7.47. The summed E-state index contributed by atoms with van der Waals surface area (Å²) in [5.74, 6) is -1.21. The Balaban J connectivity index is 4.17. The van der Waals surface area contributed by atoms with Gasteiger partial charge in [-0.15, -0.1) is 0 Å². The van der Waals surface area contributed by atoms with Gasteiger partial charge in [-0.05, 0) is 27.2 Å². The van der Waals surface area contributed by atoms with Crippen molar-refractivity contribution in [1.29, 1.82) is 0 Å². The van der Waals surface area contributed by atoms with Crippen LogP contribution in [-0.4, -0.2) is 53.1 Å². The molecule has 7 nitrogen and oxygen atoms in total. The Morgan fingerprint density at radius 3 is 2.20 bits per heavy atom. The van der Waals surface area contributed by atoms with Gasteiger partial charge < -0.3 is 20.6 Å². The minimum atomic E-state index is -1.05. The molecule has 0 aliphatic rings. The number of carboxylic acids is 1. The van der Waals surface area contributed by atoms with Gasteiger partial charge in [-0.3, -0.25) is 4.79 Å². The lowest BCUT2D eigenvalue weighted by Gasteiger charge is -2.24. The lowest BCUT2D eigenvalue weighted by molar-refractivity contribution is -0.141. The zero-order valence-electron chi connectivity index (χ0n) is 12.8. The first-order chi connectivity index (χ1) is 9.08. The number of rotatable bonds is 6. The van der Waals surface area contributed by atoms with Crippen LogP contribution in [-0.2, 0) is 9.59 Å². The number of amides is 3. The van der Waals surface area contributed by atoms with Gasteiger partial charge in [0.25, 0.3) is 0 Å². The summed E-state index contributed by atoms with van der Waals surface area (Å²) in [4.78, 5) is 35.3. The molecule has 0 aromatic heterocycles. The molecule has 0 fully saturated rings. The topological polar surface area (TPSA) is 98.7 Å². The van der Waals surface area contributed by atoms with Crippen molar-refractivity contribution in [2.24, 2.45) is 0 Å². The highest BCUT2D eigenvalue weighted by atomic mass is 16.4. The molecule has 0 aromatic rings. The molecule has 1 unspecified atom stereocenters. The van der Waals surface area contributed by atoms with Crippen LogP contribution in [0.2, 0.25) is 0 Å². The van der Waals surface area contributed by atoms with E-state index in [4.69, 9.17) is 5.11 Å². The van der Waals surface area contributed by atoms with Gasteiger partial charge in [-0.1, -0.05) is 6.92 Å². The van der Waals surface area contributed by atoms with Crippen LogP contribution in [0.1, 0.15) is 40.5 Å². The summed E-state index contributed by atoms with van der Waals surface area (Å²) in [5.41, 5.74) is -0.311. The van der Waals surface area contributed by atoms with E-state index < -0.39 is 18.0 Å². The number of hydrogen-bond donors (Lipinski definition) is 3. The summed E-state index contributed by atoms with van der Waals surface area (Å²) in [7, 11) is 1.42. The molecule has 0 saturated carbocycles. The summed E-state index contributed by atoms with van der Waals surface area (Å²) in [5, 5.41) is 14.3. The van der Waals surface area contributed by atoms with Gasteiger partial charge in [0.1, 0.15) is 6.04 Å². The van der Waals surface area contributed by atoms with Crippen LogP contribution in [0, 0.1) is 0 Å². The van der Waals surface area contributed by atoms with E-state index in [1.54, 1.807) is 6.92 Å². The fourth-order valence-electron chi connectivity index (χ4n) is 1.64.